The number of rotatable bonds is 8. The van der Waals surface area contributed by atoms with Gasteiger partial charge < -0.3 is 14.6 Å². The van der Waals surface area contributed by atoms with Crippen molar-refractivity contribution in [1.82, 2.24) is 10.2 Å². The molecule has 1 aromatic heterocycles. The van der Waals surface area contributed by atoms with Crippen LogP contribution in [0.3, 0.4) is 0 Å². The summed E-state index contributed by atoms with van der Waals surface area (Å²) < 4.78 is 5.48. The molecule has 1 aromatic rings. The maximum absolute atomic E-state index is 5.48. The summed E-state index contributed by atoms with van der Waals surface area (Å²) in [4.78, 5) is 2.31. The van der Waals surface area contributed by atoms with Crippen LogP contribution in [0.5, 0.6) is 0 Å². The van der Waals surface area contributed by atoms with Gasteiger partial charge in [0.15, 0.2) is 0 Å². The van der Waals surface area contributed by atoms with E-state index >= 15 is 0 Å². The van der Waals surface area contributed by atoms with Gasteiger partial charge in [-0.05, 0) is 45.0 Å². The molecule has 0 aliphatic heterocycles. The second kappa shape index (κ2) is 7.59. The minimum atomic E-state index is 0.328. The number of hydrogen-bond acceptors (Lipinski definition) is 3. The Morgan fingerprint density at radius 3 is 2.50 bits per heavy atom. The maximum atomic E-state index is 5.48. The van der Waals surface area contributed by atoms with Crippen molar-refractivity contribution in [2.24, 2.45) is 5.92 Å². The molecule has 1 rings (SSSR count). The second-order valence-corrected chi connectivity index (χ2v) is 5.63. The van der Waals surface area contributed by atoms with Gasteiger partial charge in [0.1, 0.15) is 5.76 Å². The predicted octanol–water partition coefficient (Wildman–Crippen LogP) is 3.30. The number of nitrogens with one attached hydrogen (secondary N) is 1. The molecule has 0 aromatic carbocycles. The van der Waals surface area contributed by atoms with Gasteiger partial charge >= 0.3 is 0 Å². The third-order valence-corrected chi connectivity index (χ3v) is 3.37. The Hall–Kier alpha value is -0.800. The first kappa shape index (κ1) is 15.3. The Bertz CT molecular complexity index is 306. The SMILES string of the molecule is CCC(NCC(CC(C)C)N(C)C)c1ccco1. The van der Waals surface area contributed by atoms with E-state index in [0.717, 1.165) is 24.6 Å². The molecular formula is C15H28N2O. The average Bonchev–Trinajstić information content (AvgIpc) is 2.81. The van der Waals surface area contributed by atoms with Crippen LogP contribution < -0.4 is 5.32 Å². The van der Waals surface area contributed by atoms with Gasteiger partial charge in [-0.1, -0.05) is 20.8 Å². The topological polar surface area (TPSA) is 28.4 Å². The van der Waals surface area contributed by atoms with E-state index in [0.29, 0.717) is 12.1 Å². The molecule has 0 amide bonds. The summed E-state index contributed by atoms with van der Waals surface area (Å²) >= 11 is 0. The Labute approximate surface area is 112 Å². The molecule has 0 aliphatic rings. The van der Waals surface area contributed by atoms with Gasteiger partial charge in [-0.15, -0.1) is 0 Å². The van der Waals surface area contributed by atoms with Crippen molar-refractivity contribution in [1.29, 1.82) is 0 Å². The molecule has 0 aliphatic carbocycles. The van der Waals surface area contributed by atoms with Crippen molar-refractivity contribution in [2.45, 2.75) is 45.7 Å². The van der Waals surface area contributed by atoms with Gasteiger partial charge in [-0.3, -0.25) is 0 Å². The Morgan fingerprint density at radius 2 is 2.06 bits per heavy atom. The van der Waals surface area contributed by atoms with Gasteiger partial charge in [-0.25, -0.2) is 0 Å². The van der Waals surface area contributed by atoms with Crippen molar-refractivity contribution in [3.05, 3.63) is 24.2 Å². The Kier molecular flexibility index (Phi) is 6.44. The van der Waals surface area contributed by atoms with E-state index in [1.165, 1.54) is 6.42 Å². The standard InChI is InChI=1S/C15H28N2O/c1-6-14(15-8-7-9-18-15)16-11-13(17(4)5)10-12(2)3/h7-9,12-14,16H,6,10-11H2,1-5H3. The highest BCUT2D eigenvalue weighted by molar-refractivity contribution is 5.04. The molecule has 2 unspecified atom stereocenters. The molecular weight excluding hydrogens is 224 g/mol. The van der Waals surface area contributed by atoms with Crippen LogP contribution in [0.2, 0.25) is 0 Å². The fourth-order valence-electron chi connectivity index (χ4n) is 2.23. The fourth-order valence-corrected chi connectivity index (χ4v) is 2.23. The molecule has 3 nitrogen and oxygen atoms in total. The van der Waals surface area contributed by atoms with E-state index in [4.69, 9.17) is 4.42 Å². The van der Waals surface area contributed by atoms with Gasteiger partial charge in [0, 0.05) is 12.6 Å². The smallest absolute Gasteiger partial charge is 0.120 e. The van der Waals surface area contributed by atoms with Crippen molar-refractivity contribution in [3.8, 4) is 0 Å². The first-order valence-electron chi connectivity index (χ1n) is 6.97. The maximum Gasteiger partial charge on any atom is 0.120 e. The number of nitrogens with zero attached hydrogens (tertiary/aromatic N) is 1. The monoisotopic (exact) mass is 252 g/mol. The predicted molar refractivity (Wildman–Crippen MR) is 76.7 cm³/mol. The summed E-state index contributed by atoms with van der Waals surface area (Å²) in [6.45, 7) is 7.75. The van der Waals surface area contributed by atoms with E-state index in [9.17, 15) is 0 Å². The highest BCUT2D eigenvalue weighted by Gasteiger charge is 2.17. The average molecular weight is 252 g/mol. The summed E-state index contributed by atoms with van der Waals surface area (Å²) in [7, 11) is 4.31. The van der Waals surface area contributed by atoms with Crippen LogP contribution in [-0.2, 0) is 0 Å². The highest BCUT2D eigenvalue weighted by atomic mass is 16.3. The molecule has 2 atom stereocenters. The summed E-state index contributed by atoms with van der Waals surface area (Å²) in [5.74, 6) is 1.77. The molecule has 0 bridgehead atoms. The first-order valence-corrected chi connectivity index (χ1v) is 6.97. The second-order valence-electron chi connectivity index (χ2n) is 5.63. The minimum absolute atomic E-state index is 0.328. The molecule has 0 radical (unpaired) electrons. The lowest BCUT2D eigenvalue weighted by atomic mass is 10.0. The molecule has 0 saturated heterocycles. The molecule has 0 saturated carbocycles. The molecule has 104 valence electrons. The van der Waals surface area contributed by atoms with Crippen molar-refractivity contribution < 1.29 is 4.42 Å². The third kappa shape index (κ3) is 4.83. The zero-order valence-electron chi connectivity index (χ0n) is 12.4. The molecule has 1 N–H and O–H groups in total. The minimum Gasteiger partial charge on any atom is -0.468 e. The van der Waals surface area contributed by atoms with E-state index in [1.54, 1.807) is 6.26 Å². The summed E-state index contributed by atoms with van der Waals surface area (Å²) in [6.07, 6.45) is 4.02. The zero-order valence-corrected chi connectivity index (χ0v) is 12.4. The van der Waals surface area contributed by atoms with Crippen molar-refractivity contribution in [3.63, 3.8) is 0 Å². The molecule has 1 heterocycles. The summed E-state index contributed by atoms with van der Waals surface area (Å²) in [5.41, 5.74) is 0. The largest absolute Gasteiger partial charge is 0.468 e. The number of furan rings is 1. The van der Waals surface area contributed by atoms with Crippen LogP contribution in [0.25, 0.3) is 0 Å². The summed E-state index contributed by atoms with van der Waals surface area (Å²) in [6, 6.07) is 4.91. The first-order chi connectivity index (χ1) is 8.54. The fraction of sp³-hybridized carbons (Fsp3) is 0.733. The van der Waals surface area contributed by atoms with Crippen LogP contribution in [0, 0.1) is 5.92 Å². The lowest BCUT2D eigenvalue weighted by molar-refractivity contribution is 0.235. The van der Waals surface area contributed by atoms with Gasteiger partial charge in [-0.2, -0.15) is 0 Å². The van der Waals surface area contributed by atoms with E-state index in [-0.39, 0.29) is 0 Å². The molecule has 18 heavy (non-hydrogen) atoms. The van der Waals surface area contributed by atoms with E-state index in [2.05, 4.69) is 45.1 Å². The van der Waals surface area contributed by atoms with Crippen molar-refractivity contribution >= 4 is 0 Å². The molecule has 3 heteroatoms. The van der Waals surface area contributed by atoms with Gasteiger partial charge in [0.05, 0.1) is 12.3 Å². The third-order valence-electron chi connectivity index (χ3n) is 3.37. The van der Waals surface area contributed by atoms with Crippen LogP contribution in [0.4, 0.5) is 0 Å². The van der Waals surface area contributed by atoms with Crippen molar-refractivity contribution in [2.75, 3.05) is 20.6 Å². The normalized spacial score (nSPS) is 15.3. The number of likely N-dealkylation sites (N-methyl/N-ethyl adjacent to an activating group) is 1. The number of hydrogen-bond donors (Lipinski definition) is 1. The Balaban J connectivity index is 2.49. The van der Waals surface area contributed by atoms with E-state index < -0.39 is 0 Å². The van der Waals surface area contributed by atoms with Crippen LogP contribution in [0.15, 0.2) is 22.8 Å². The molecule has 0 fully saturated rings. The lowest BCUT2D eigenvalue weighted by Gasteiger charge is -2.28. The van der Waals surface area contributed by atoms with Crippen LogP contribution in [-0.4, -0.2) is 31.6 Å². The lowest BCUT2D eigenvalue weighted by Crippen LogP contribution is -2.40. The zero-order chi connectivity index (χ0) is 13.5. The summed E-state index contributed by atoms with van der Waals surface area (Å²) in [5, 5.41) is 3.62. The van der Waals surface area contributed by atoms with Crippen LogP contribution >= 0.6 is 0 Å². The Morgan fingerprint density at radius 1 is 1.33 bits per heavy atom. The highest BCUT2D eigenvalue weighted by Crippen LogP contribution is 2.17. The van der Waals surface area contributed by atoms with Crippen LogP contribution in [0.1, 0.15) is 45.4 Å². The van der Waals surface area contributed by atoms with E-state index in [1.807, 2.05) is 12.1 Å². The van der Waals surface area contributed by atoms with Gasteiger partial charge in [0.25, 0.3) is 0 Å². The quantitative estimate of drug-likeness (QED) is 0.769. The van der Waals surface area contributed by atoms with Gasteiger partial charge in [0.2, 0.25) is 0 Å². The molecule has 0 spiro atoms.